The van der Waals surface area contributed by atoms with Crippen LogP contribution < -0.4 is 10.6 Å². The number of carbonyl (C=O) groups excluding carboxylic acids is 2. The summed E-state index contributed by atoms with van der Waals surface area (Å²) >= 11 is 1.42. The van der Waals surface area contributed by atoms with Crippen molar-refractivity contribution in [3.63, 3.8) is 0 Å². The first-order valence-electron chi connectivity index (χ1n) is 8.77. The van der Waals surface area contributed by atoms with Gasteiger partial charge in [-0.15, -0.1) is 0 Å². The molecule has 0 fully saturated rings. The quantitative estimate of drug-likeness (QED) is 0.667. The van der Waals surface area contributed by atoms with Crippen LogP contribution in [0.1, 0.15) is 24.1 Å². The standard InChI is InChI=1S/C20H20N4O2S/c1-12(13-7-8-15-14(9-13)10-18(25)22-15)21-19(26)11-27-20-23-16-5-3-4-6-17(16)24(20)2/h3-9,12H,10-11H2,1-2H3,(H,21,26)(H,22,25). The number of carbonyl (C=O) groups is 2. The predicted molar refractivity (Wildman–Crippen MR) is 107 cm³/mol. The molecule has 1 aromatic heterocycles. The lowest BCUT2D eigenvalue weighted by atomic mass is 10.0. The molecule has 1 aliphatic heterocycles. The van der Waals surface area contributed by atoms with E-state index in [9.17, 15) is 9.59 Å². The summed E-state index contributed by atoms with van der Waals surface area (Å²) in [6.07, 6.45) is 0.395. The maximum absolute atomic E-state index is 12.4. The number of nitrogens with one attached hydrogen (secondary N) is 2. The third-order valence-corrected chi connectivity index (χ3v) is 5.74. The van der Waals surface area contributed by atoms with Gasteiger partial charge < -0.3 is 15.2 Å². The Balaban J connectivity index is 1.38. The normalized spacial score (nSPS) is 14.1. The molecule has 0 aliphatic carbocycles. The van der Waals surface area contributed by atoms with E-state index in [1.807, 2.05) is 61.0 Å². The number of benzene rings is 2. The van der Waals surface area contributed by atoms with Crippen LogP contribution >= 0.6 is 11.8 Å². The zero-order chi connectivity index (χ0) is 19.0. The maximum Gasteiger partial charge on any atom is 0.230 e. The van der Waals surface area contributed by atoms with Crippen molar-refractivity contribution in [3.8, 4) is 0 Å². The first kappa shape index (κ1) is 17.6. The van der Waals surface area contributed by atoms with Crippen molar-refractivity contribution < 1.29 is 9.59 Å². The third-order valence-electron chi connectivity index (χ3n) is 4.71. The van der Waals surface area contributed by atoms with E-state index in [0.717, 1.165) is 33.0 Å². The fourth-order valence-electron chi connectivity index (χ4n) is 3.27. The minimum Gasteiger partial charge on any atom is -0.349 e. The Kier molecular flexibility index (Phi) is 4.61. The maximum atomic E-state index is 12.4. The molecule has 0 spiro atoms. The van der Waals surface area contributed by atoms with Crippen LogP contribution in [0.4, 0.5) is 5.69 Å². The fourth-order valence-corrected chi connectivity index (χ4v) is 4.07. The van der Waals surface area contributed by atoms with Gasteiger partial charge in [0.2, 0.25) is 11.8 Å². The number of thioether (sulfide) groups is 1. The molecule has 1 aliphatic rings. The minimum atomic E-state index is -0.125. The number of anilines is 1. The highest BCUT2D eigenvalue weighted by atomic mass is 32.2. The van der Waals surface area contributed by atoms with Gasteiger partial charge in [-0.3, -0.25) is 9.59 Å². The van der Waals surface area contributed by atoms with Gasteiger partial charge in [0.1, 0.15) is 0 Å². The van der Waals surface area contributed by atoms with Crippen molar-refractivity contribution in [2.45, 2.75) is 24.5 Å². The van der Waals surface area contributed by atoms with Crippen LogP contribution in [-0.2, 0) is 23.1 Å². The van der Waals surface area contributed by atoms with Crippen molar-refractivity contribution in [2.75, 3.05) is 11.1 Å². The van der Waals surface area contributed by atoms with Gasteiger partial charge >= 0.3 is 0 Å². The van der Waals surface area contributed by atoms with Crippen molar-refractivity contribution in [1.29, 1.82) is 0 Å². The third kappa shape index (κ3) is 3.55. The van der Waals surface area contributed by atoms with Crippen LogP contribution in [0.5, 0.6) is 0 Å². The summed E-state index contributed by atoms with van der Waals surface area (Å²) in [4.78, 5) is 28.4. The van der Waals surface area contributed by atoms with E-state index in [4.69, 9.17) is 0 Å². The molecule has 6 nitrogen and oxygen atoms in total. The Morgan fingerprint density at radius 1 is 1.33 bits per heavy atom. The van der Waals surface area contributed by atoms with Crippen LogP contribution in [0.15, 0.2) is 47.6 Å². The molecule has 1 unspecified atom stereocenters. The molecule has 4 rings (SSSR count). The lowest BCUT2D eigenvalue weighted by Gasteiger charge is -2.15. The highest BCUT2D eigenvalue weighted by molar-refractivity contribution is 7.99. The summed E-state index contributed by atoms with van der Waals surface area (Å²) in [5.41, 5.74) is 4.81. The molecule has 1 atom stereocenters. The highest BCUT2D eigenvalue weighted by Gasteiger charge is 2.19. The highest BCUT2D eigenvalue weighted by Crippen LogP contribution is 2.27. The Hall–Kier alpha value is -2.80. The van der Waals surface area contributed by atoms with Crippen LogP contribution in [-0.4, -0.2) is 27.1 Å². The van der Waals surface area contributed by atoms with Gasteiger partial charge in [-0.2, -0.15) is 0 Å². The summed E-state index contributed by atoms with van der Waals surface area (Å²) in [6, 6.07) is 13.6. The number of imidazole rings is 1. The number of rotatable bonds is 5. The lowest BCUT2D eigenvalue weighted by Crippen LogP contribution is -2.28. The second-order valence-electron chi connectivity index (χ2n) is 6.66. The van der Waals surface area contributed by atoms with Crippen LogP contribution in [0, 0.1) is 0 Å². The number of hydrogen-bond acceptors (Lipinski definition) is 4. The number of para-hydroxylation sites is 2. The van der Waals surface area contributed by atoms with Gasteiger partial charge in [0.05, 0.1) is 29.2 Å². The van der Waals surface area contributed by atoms with Gasteiger partial charge in [-0.1, -0.05) is 36.0 Å². The lowest BCUT2D eigenvalue weighted by molar-refractivity contribution is -0.119. The molecule has 2 heterocycles. The first-order chi connectivity index (χ1) is 13.0. The summed E-state index contributed by atoms with van der Waals surface area (Å²) < 4.78 is 2.00. The molecule has 0 saturated heterocycles. The average Bonchev–Trinajstić information content (AvgIpc) is 3.18. The molecule has 2 N–H and O–H groups in total. The van der Waals surface area contributed by atoms with E-state index < -0.39 is 0 Å². The van der Waals surface area contributed by atoms with Gasteiger partial charge in [0, 0.05) is 12.7 Å². The molecule has 7 heteroatoms. The monoisotopic (exact) mass is 380 g/mol. The summed E-state index contributed by atoms with van der Waals surface area (Å²) in [7, 11) is 1.96. The SMILES string of the molecule is CC(NC(=O)CSc1nc2ccccc2n1C)c1ccc2c(c1)CC(=O)N2. The molecular weight excluding hydrogens is 360 g/mol. The molecule has 138 valence electrons. The molecule has 2 aromatic carbocycles. The number of fused-ring (bicyclic) bond motifs is 2. The van der Waals surface area contributed by atoms with E-state index in [0.29, 0.717) is 12.2 Å². The summed E-state index contributed by atoms with van der Waals surface area (Å²) in [5, 5.41) is 6.66. The predicted octanol–water partition coefficient (Wildman–Crippen LogP) is 3.04. The van der Waals surface area contributed by atoms with Gasteiger partial charge in [0.15, 0.2) is 5.16 Å². The number of hydrogen-bond donors (Lipinski definition) is 2. The van der Waals surface area contributed by atoms with E-state index in [2.05, 4.69) is 15.6 Å². The van der Waals surface area contributed by atoms with Crippen molar-refractivity contribution in [3.05, 3.63) is 53.6 Å². The zero-order valence-corrected chi connectivity index (χ0v) is 16.0. The van der Waals surface area contributed by atoms with Crippen molar-refractivity contribution in [1.82, 2.24) is 14.9 Å². The molecule has 0 bridgehead atoms. The largest absolute Gasteiger partial charge is 0.349 e. The fraction of sp³-hybridized carbons (Fsp3) is 0.250. The summed E-state index contributed by atoms with van der Waals surface area (Å²) in [6.45, 7) is 1.95. The van der Waals surface area contributed by atoms with E-state index in [1.165, 1.54) is 11.8 Å². The summed E-state index contributed by atoms with van der Waals surface area (Å²) in [5.74, 6) is 0.263. The molecule has 3 aromatic rings. The smallest absolute Gasteiger partial charge is 0.230 e. The van der Waals surface area contributed by atoms with E-state index in [-0.39, 0.29) is 17.9 Å². The zero-order valence-electron chi connectivity index (χ0n) is 15.2. The van der Waals surface area contributed by atoms with Gasteiger partial charge in [-0.05, 0) is 36.2 Å². The second-order valence-corrected chi connectivity index (χ2v) is 7.60. The van der Waals surface area contributed by atoms with Gasteiger partial charge in [0.25, 0.3) is 0 Å². The number of amides is 2. The van der Waals surface area contributed by atoms with Crippen LogP contribution in [0.2, 0.25) is 0 Å². The second kappa shape index (κ2) is 7.08. The number of nitrogens with zero attached hydrogens (tertiary/aromatic N) is 2. The van der Waals surface area contributed by atoms with Crippen molar-refractivity contribution >= 4 is 40.3 Å². The van der Waals surface area contributed by atoms with Crippen LogP contribution in [0.3, 0.4) is 0 Å². The van der Waals surface area contributed by atoms with E-state index in [1.54, 1.807) is 0 Å². The van der Waals surface area contributed by atoms with Gasteiger partial charge in [-0.25, -0.2) is 4.98 Å². The molecule has 27 heavy (non-hydrogen) atoms. The number of aryl methyl sites for hydroxylation is 1. The Morgan fingerprint density at radius 3 is 2.96 bits per heavy atom. The topological polar surface area (TPSA) is 76.0 Å². The van der Waals surface area contributed by atoms with Crippen molar-refractivity contribution in [2.24, 2.45) is 7.05 Å². The minimum absolute atomic E-state index is 0.0118. The first-order valence-corrected chi connectivity index (χ1v) is 9.76. The molecular formula is C20H20N4O2S. The molecule has 2 amide bonds. The number of aromatic nitrogens is 2. The Labute approximate surface area is 161 Å². The Morgan fingerprint density at radius 2 is 2.15 bits per heavy atom. The molecule has 0 radical (unpaired) electrons. The Bertz CT molecular complexity index is 1040. The van der Waals surface area contributed by atoms with E-state index >= 15 is 0 Å². The average molecular weight is 380 g/mol. The molecule has 0 saturated carbocycles. The van der Waals surface area contributed by atoms with Crippen LogP contribution in [0.25, 0.3) is 11.0 Å².